The molecule has 0 spiro atoms. The van der Waals surface area contributed by atoms with E-state index in [0.29, 0.717) is 16.8 Å². The topological polar surface area (TPSA) is 105 Å². The number of nitriles is 1. The first-order chi connectivity index (χ1) is 11.4. The van der Waals surface area contributed by atoms with Crippen LogP contribution in [0.4, 0.5) is 5.69 Å². The molecule has 0 radical (unpaired) electrons. The predicted molar refractivity (Wildman–Crippen MR) is 88.0 cm³/mol. The molecule has 122 valence electrons. The van der Waals surface area contributed by atoms with Crippen molar-refractivity contribution in [1.82, 2.24) is 4.57 Å². The quantitative estimate of drug-likeness (QED) is 0.780. The highest BCUT2D eigenvalue weighted by molar-refractivity contribution is 7.92. The van der Waals surface area contributed by atoms with Crippen molar-refractivity contribution >= 4 is 26.8 Å². The smallest absolute Gasteiger partial charge is 0.408 e. The third kappa shape index (κ3) is 2.89. The van der Waals surface area contributed by atoms with Crippen LogP contribution in [0.25, 0.3) is 11.1 Å². The molecule has 1 aromatic heterocycles. The van der Waals surface area contributed by atoms with Crippen LogP contribution in [0.2, 0.25) is 0 Å². The summed E-state index contributed by atoms with van der Waals surface area (Å²) in [4.78, 5) is 11.5. The molecule has 2 aromatic carbocycles. The molecule has 24 heavy (non-hydrogen) atoms. The lowest BCUT2D eigenvalue weighted by Crippen LogP contribution is -2.13. The summed E-state index contributed by atoms with van der Waals surface area (Å²) in [6.07, 6.45) is 0.262. The molecular weight excluding hydrogens is 330 g/mol. The van der Waals surface area contributed by atoms with Gasteiger partial charge in [-0.2, -0.15) is 5.26 Å². The zero-order chi connectivity index (χ0) is 17.3. The summed E-state index contributed by atoms with van der Waals surface area (Å²) in [7, 11) is -2.30. The molecule has 7 nitrogen and oxygen atoms in total. The molecule has 0 saturated heterocycles. The molecule has 1 heterocycles. The summed E-state index contributed by atoms with van der Waals surface area (Å²) in [5.41, 5.74) is 1.91. The van der Waals surface area contributed by atoms with Crippen LogP contribution >= 0.6 is 0 Å². The first-order valence-corrected chi connectivity index (χ1v) is 8.47. The number of anilines is 1. The highest BCUT2D eigenvalue weighted by Crippen LogP contribution is 2.21. The summed E-state index contributed by atoms with van der Waals surface area (Å²) in [5.74, 6) is -0.555. The number of nitrogens with one attached hydrogen (secondary N) is 1. The molecule has 3 rings (SSSR count). The molecule has 3 aromatic rings. The average Bonchev–Trinajstić information content (AvgIpc) is 2.84. The molecule has 0 atom stereocenters. The molecular formula is C16H13N3O4S. The molecule has 8 heteroatoms. The largest absolute Gasteiger partial charge is 0.419 e. The third-order valence-electron chi connectivity index (χ3n) is 3.56. The molecule has 1 N–H and O–H groups in total. The lowest BCUT2D eigenvalue weighted by Gasteiger charge is -2.08. The van der Waals surface area contributed by atoms with Gasteiger partial charge in [0.15, 0.2) is 5.58 Å². The van der Waals surface area contributed by atoms with Crippen molar-refractivity contribution in [2.75, 3.05) is 4.72 Å². The van der Waals surface area contributed by atoms with E-state index in [1.54, 1.807) is 24.3 Å². The number of hydrogen-bond donors (Lipinski definition) is 1. The number of sulfonamides is 1. The van der Waals surface area contributed by atoms with Gasteiger partial charge in [0.2, 0.25) is 0 Å². The molecule has 0 aliphatic heterocycles. The summed E-state index contributed by atoms with van der Waals surface area (Å²) in [5, 5.41) is 8.64. The third-order valence-corrected chi connectivity index (χ3v) is 4.94. The summed E-state index contributed by atoms with van der Waals surface area (Å²) in [6.45, 7) is 0. The molecule has 0 aliphatic rings. The molecule has 0 saturated carbocycles. The second-order valence-corrected chi connectivity index (χ2v) is 6.88. The predicted octanol–water partition coefficient (Wildman–Crippen LogP) is 2.00. The van der Waals surface area contributed by atoms with Crippen molar-refractivity contribution in [2.45, 2.75) is 11.3 Å². The maximum Gasteiger partial charge on any atom is 0.419 e. The first-order valence-electron chi connectivity index (χ1n) is 6.99. The van der Waals surface area contributed by atoms with Crippen molar-refractivity contribution < 1.29 is 12.8 Å². The van der Waals surface area contributed by atoms with Crippen molar-refractivity contribution in [1.29, 1.82) is 5.26 Å². The van der Waals surface area contributed by atoms with Crippen molar-refractivity contribution in [2.24, 2.45) is 7.05 Å². The van der Waals surface area contributed by atoms with Crippen LogP contribution in [0.1, 0.15) is 5.56 Å². The van der Waals surface area contributed by atoms with Gasteiger partial charge in [-0.15, -0.1) is 0 Å². The first kappa shape index (κ1) is 15.8. The Bertz CT molecular complexity index is 1100. The monoisotopic (exact) mass is 343 g/mol. The van der Waals surface area contributed by atoms with E-state index in [1.165, 1.54) is 29.8 Å². The highest BCUT2D eigenvalue weighted by atomic mass is 32.2. The van der Waals surface area contributed by atoms with Gasteiger partial charge in [-0.25, -0.2) is 13.2 Å². The van der Waals surface area contributed by atoms with Gasteiger partial charge in [-0.3, -0.25) is 9.29 Å². The van der Waals surface area contributed by atoms with Gasteiger partial charge in [-0.1, -0.05) is 12.1 Å². The number of oxazole rings is 1. The molecule has 0 unspecified atom stereocenters. The van der Waals surface area contributed by atoms with Gasteiger partial charge in [0.25, 0.3) is 10.0 Å². The van der Waals surface area contributed by atoms with E-state index in [9.17, 15) is 13.2 Å². The minimum Gasteiger partial charge on any atom is -0.408 e. The fourth-order valence-electron chi connectivity index (χ4n) is 2.27. The Morgan fingerprint density at radius 1 is 1.21 bits per heavy atom. The lowest BCUT2D eigenvalue weighted by atomic mass is 10.1. The number of hydrogen-bond acceptors (Lipinski definition) is 5. The maximum atomic E-state index is 12.5. The zero-order valence-corrected chi connectivity index (χ0v) is 13.5. The van der Waals surface area contributed by atoms with E-state index in [2.05, 4.69) is 4.72 Å². The Balaban J connectivity index is 1.94. The Kier molecular flexibility index (Phi) is 3.87. The summed E-state index contributed by atoms with van der Waals surface area (Å²) in [6, 6.07) is 12.8. The molecule has 0 amide bonds. The summed E-state index contributed by atoms with van der Waals surface area (Å²) >= 11 is 0. The van der Waals surface area contributed by atoms with E-state index < -0.39 is 15.8 Å². The minimum atomic E-state index is -3.81. The van der Waals surface area contributed by atoms with Crippen LogP contribution in [0, 0.1) is 11.3 Å². The minimum absolute atomic E-state index is 0.0208. The number of benzene rings is 2. The average molecular weight is 343 g/mol. The Labute approximate surface area is 137 Å². The second kappa shape index (κ2) is 5.86. The molecule has 0 fully saturated rings. The Morgan fingerprint density at radius 2 is 1.92 bits per heavy atom. The van der Waals surface area contributed by atoms with Gasteiger partial charge in [0, 0.05) is 12.7 Å². The standard InChI is InChI=1S/C16H13N3O4S/c1-19-14-10-13(6-7-15(14)23-16(19)20)24(21,22)18-12-4-2-11(3-5-12)8-9-17/h2-7,10,18H,8H2,1H3. The van der Waals surface area contributed by atoms with Crippen molar-refractivity contribution in [3.63, 3.8) is 0 Å². The Hall–Kier alpha value is -3.05. The van der Waals surface area contributed by atoms with Crippen LogP contribution in [-0.4, -0.2) is 13.0 Å². The van der Waals surface area contributed by atoms with Gasteiger partial charge in [0.1, 0.15) is 0 Å². The second-order valence-electron chi connectivity index (χ2n) is 5.19. The van der Waals surface area contributed by atoms with E-state index >= 15 is 0 Å². The maximum absolute atomic E-state index is 12.5. The van der Waals surface area contributed by atoms with Gasteiger partial charge in [-0.05, 0) is 35.9 Å². The van der Waals surface area contributed by atoms with Gasteiger partial charge < -0.3 is 4.42 Å². The van der Waals surface area contributed by atoms with Crippen LogP contribution in [0.15, 0.2) is 56.6 Å². The number of nitrogens with zero attached hydrogens (tertiary/aromatic N) is 2. The van der Waals surface area contributed by atoms with E-state index in [4.69, 9.17) is 9.68 Å². The number of aryl methyl sites for hydroxylation is 1. The normalized spacial score (nSPS) is 11.3. The van der Waals surface area contributed by atoms with Crippen LogP contribution in [-0.2, 0) is 23.5 Å². The van der Waals surface area contributed by atoms with Gasteiger partial charge >= 0.3 is 5.76 Å². The van der Waals surface area contributed by atoms with Crippen molar-refractivity contribution in [3.05, 3.63) is 58.6 Å². The fourth-order valence-corrected chi connectivity index (χ4v) is 3.35. The van der Waals surface area contributed by atoms with Crippen LogP contribution < -0.4 is 10.5 Å². The van der Waals surface area contributed by atoms with Gasteiger partial charge in [0.05, 0.1) is 22.9 Å². The number of rotatable bonds is 4. The van der Waals surface area contributed by atoms with E-state index in [1.807, 2.05) is 6.07 Å². The number of fused-ring (bicyclic) bond motifs is 1. The van der Waals surface area contributed by atoms with Crippen molar-refractivity contribution in [3.8, 4) is 6.07 Å². The SMILES string of the molecule is Cn1c(=O)oc2ccc(S(=O)(=O)Nc3ccc(CC#N)cc3)cc21. The molecule has 0 bridgehead atoms. The zero-order valence-electron chi connectivity index (χ0n) is 12.7. The summed E-state index contributed by atoms with van der Waals surface area (Å²) < 4.78 is 33.7. The van der Waals surface area contributed by atoms with Crippen LogP contribution in [0.5, 0.6) is 0 Å². The van der Waals surface area contributed by atoms with Crippen LogP contribution in [0.3, 0.4) is 0 Å². The molecule has 0 aliphatic carbocycles. The van der Waals surface area contributed by atoms with E-state index in [-0.39, 0.29) is 11.3 Å². The van der Waals surface area contributed by atoms with E-state index in [0.717, 1.165) is 5.56 Å². The Morgan fingerprint density at radius 3 is 2.58 bits per heavy atom. The fraction of sp³-hybridized carbons (Fsp3) is 0.125. The number of aromatic nitrogens is 1. The lowest BCUT2D eigenvalue weighted by molar-refractivity contribution is 0.528. The highest BCUT2D eigenvalue weighted by Gasteiger charge is 2.17.